The smallest absolute Gasteiger partial charge is 0.159 e. The summed E-state index contributed by atoms with van der Waals surface area (Å²) in [5.74, 6) is 0.457. The van der Waals surface area contributed by atoms with Crippen molar-refractivity contribution in [1.82, 2.24) is 9.97 Å². The van der Waals surface area contributed by atoms with Crippen LogP contribution in [0.4, 0.5) is 0 Å². The zero-order chi connectivity index (χ0) is 31.0. The molecule has 45 heavy (non-hydrogen) atoms. The van der Waals surface area contributed by atoms with E-state index in [0.29, 0.717) is 11.5 Å². The highest BCUT2D eigenvalue weighted by atomic mass is 14.8. The lowest BCUT2D eigenvalue weighted by Crippen LogP contribution is -2.24. The van der Waals surface area contributed by atoms with Crippen molar-refractivity contribution in [2.45, 2.75) is 18.4 Å². The minimum atomic E-state index is -0.419. The van der Waals surface area contributed by atoms with Gasteiger partial charge in [-0.25, -0.2) is 9.97 Å². The van der Waals surface area contributed by atoms with E-state index < -0.39 is 6.04 Å². The largest absolute Gasteiger partial charge is 0.398 e. The predicted molar refractivity (Wildman–Crippen MR) is 187 cm³/mol. The second-order valence-electron chi connectivity index (χ2n) is 11.1. The Balaban J connectivity index is 1.50. The van der Waals surface area contributed by atoms with Crippen LogP contribution >= 0.6 is 0 Å². The third kappa shape index (κ3) is 6.82. The molecule has 4 aromatic carbocycles. The number of hydrogen-bond acceptors (Lipinski definition) is 4. The summed E-state index contributed by atoms with van der Waals surface area (Å²) < 4.78 is 0. The molecule has 220 valence electrons. The summed E-state index contributed by atoms with van der Waals surface area (Å²) in [5.41, 5.74) is 24.1. The number of nitrogens with two attached hydrogens (primary N) is 2. The van der Waals surface area contributed by atoms with Gasteiger partial charge < -0.3 is 11.5 Å². The van der Waals surface area contributed by atoms with E-state index in [4.69, 9.17) is 11.5 Å². The molecule has 0 bridgehead atoms. The molecule has 1 aliphatic carbocycles. The van der Waals surface area contributed by atoms with Gasteiger partial charge in [0.05, 0.1) is 0 Å². The van der Waals surface area contributed by atoms with Gasteiger partial charge in [-0.2, -0.15) is 0 Å². The topological polar surface area (TPSA) is 77.8 Å². The Morgan fingerprint density at radius 2 is 1.22 bits per heavy atom. The summed E-state index contributed by atoms with van der Waals surface area (Å²) in [6.07, 6.45) is 16.5. The summed E-state index contributed by atoms with van der Waals surface area (Å²) in [7, 11) is 0. The maximum atomic E-state index is 7.37. The molecule has 5 aromatic rings. The van der Waals surface area contributed by atoms with Gasteiger partial charge in [0.25, 0.3) is 0 Å². The van der Waals surface area contributed by atoms with E-state index in [2.05, 4.69) is 108 Å². The first-order valence-corrected chi connectivity index (χ1v) is 15.2. The molecule has 4 heteroatoms. The second-order valence-corrected chi connectivity index (χ2v) is 11.1. The lowest BCUT2D eigenvalue weighted by atomic mass is 9.77. The van der Waals surface area contributed by atoms with E-state index in [-0.39, 0.29) is 5.92 Å². The summed E-state index contributed by atoms with van der Waals surface area (Å²) in [5, 5.41) is 0. The molecule has 0 aliphatic heterocycles. The van der Waals surface area contributed by atoms with Gasteiger partial charge in [0.15, 0.2) is 5.82 Å². The molecule has 2 atom stereocenters. The first-order chi connectivity index (χ1) is 22.1. The van der Waals surface area contributed by atoms with Crippen LogP contribution in [-0.2, 0) is 0 Å². The molecule has 0 radical (unpaired) electrons. The summed E-state index contributed by atoms with van der Waals surface area (Å²) in [6.45, 7) is 4.45. The average molecular weight is 585 g/mol. The highest BCUT2D eigenvalue weighted by Gasteiger charge is 2.29. The number of nitrogens with zero attached hydrogens (tertiary/aromatic N) is 2. The van der Waals surface area contributed by atoms with Crippen molar-refractivity contribution in [3.8, 4) is 33.6 Å². The molecular formula is C41H36N4. The van der Waals surface area contributed by atoms with Crippen LogP contribution in [0.5, 0.6) is 0 Å². The Kier molecular flexibility index (Phi) is 9.05. The lowest BCUT2D eigenvalue weighted by molar-refractivity contribution is 0.622. The molecule has 1 unspecified atom stereocenters. The standard InChI is InChI=1S/C41H36N4/c1-29-14-7-3-2-4-12-19-37(42)38(29)39(32-17-10-6-11-18-32)40(43)36-27-34(30-15-8-5-9-16-30)26-35(28-36)31-20-22-33(23-21-31)41-44-24-13-25-45-41/h2-3,5-28,39-40H,1,4,42-43H2/b3-2-,14-7-,19-12-,38-37?/t39-,40?/m1/s1. The molecule has 0 amide bonds. The Morgan fingerprint density at radius 3 is 1.91 bits per heavy atom. The van der Waals surface area contributed by atoms with E-state index >= 15 is 0 Å². The molecule has 1 aromatic heterocycles. The Hall–Kier alpha value is -5.58. The van der Waals surface area contributed by atoms with E-state index in [1.54, 1.807) is 12.4 Å². The molecule has 6 rings (SSSR count). The summed E-state index contributed by atoms with van der Waals surface area (Å²) in [4.78, 5) is 8.82. The predicted octanol–water partition coefficient (Wildman–Crippen LogP) is 9.10. The van der Waals surface area contributed by atoms with E-state index in [1.807, 2.05) is 54.6 Å². The van der Waals surface area contributed by atoms with Crippen molar-refractivity contribution in [3.63, 3.8) is 0 Å². The van der Waals surface area contributed by atoms with Gasteiger partial charge in [-0.05, 0) is 81.3 Å². The third-order valence-electron chi connectivity index (χ3n) is 8.09. The van der Waals surface area contributed by atoms with Crippen molar-refractivity contribution in [3.05, 3.63) is 193 Å². The summed E-state index contributed by atoms with van der Waals surface area (Å²) >= 11 is 0. The minimum absolute atomic E-state index is 0.243. The zero-order valence-electron chi connectivity index (χ0n) is 25.1. The third-order valence-corrected chi connectivity index (χ3v) is 8.09. The fraction of sp³-hybridized carbons (Fsp3) is 0.0732. The van der Waals surface area contributed by atoms with Crippen LogP contribution in [0.1, 0.15) is 29.5 Å². The second kappa shape index (κ2) is 13.8. The highest BCUT2D eigenvalue weighted by molar-refractivity contribution is 5.76. The molecule has 0 spiro atoms. The fourth-order valence-corrected chi connectivity index (χ4v) is 5.82. The van der Waals surface area contributed by atoms with E-state index in [1.165, 1.54) is 0 Å². The molecule has 0 saturated heterocycles. The first kappa shape index (κ1) is 29.5. The lowest BCUT2D eigenvalue weighted by Gasteiger charge is -2.30. The molecule has 4 N–H and O–H groups in total. The van der Waals surface area contributed by atoms with Gasteiger partial charge in [0, 0.05) is 35.6 Å². The normalized spacial score (nSPS) is 16.9. The van der Waals surface area contributed by atoms with Gasteiger partial charge >= 0.3 is 0 Å². The molecular weight excluding hydrogens is 548 g/mol. The molecule has 0 fully saturated rings. The van der Waals surface area contributed by atoms with Crippen LogP contribution in [0, 0.1) is 0 Å². The van der Waals surface area contributed by atoms with Crippen LogP contribution in [0.3, 0.4) is 0 Å². The number of allylic oxidation sites excluding steroid dienone is 7. The van der Waals surface area contributed by atoms with Gasteiger partial charge in [-0.1, -0.05) is 122 Å². The van der Waals surface area contributed by atoms with Gasteiger partial charge in [-0.3, -0.25) is 0 Å². The van der Waals surface area contributed by atoms with Gasteiger partial charge in [0.2, 0.25) is 0 Å². The van der Waals surface area contributed by atoms with Crippen molar-refractivity contribution in [1.29, 1.82) is 0 Å². The van der Waals surface area contributed by atoms with Crippen LogP contribution < -0.4 is 11.5 Å². The molecule has 4 nitrogen and oxygen atoms in total. The minimum Gasteiger partial charge on any atom is -0.398 e. The quantitative estimate of drug-likeness (QED) is 0.200. The average Bonchev–Trinajstić information content (AvgIpc) is 3.10. The van der Waals surface area contributed by atoms with Crippen LogP contribution in [0.15, 0.2) is 181 Å². The number of rotatable bonds is 7. The Labute approximate surface area is 265 Å². The molecule has 1 aliphatic rings. The maximum absolute atomic E-state index is 7.37. The van der Waals surface area contributed by atoms with Crippen molar-refractivity contribution in [2.75, 3.05) is 0 Å². The monoisotopic (exact) mass is 584 g/mol. The fourth-order valence-electron chi connectivity index (χ4n) is 5.82. The molecule has 1 heterocycles. The number of aromatic nitrogens is 2. The summed E-state index contributed by atoms with van der Waals surface area (Å²) in [6, 6.07) is 37.2. The van der Waals surface area contributed by atoms with Crippen molar-refractivity contribution < 1.29 is 0 Å². The van der Waals surface area contributed by atoms with Gasteiger partial charge in [0.1, 0.15) is 0 Å². The Morgan fingerprint density at radius 1 is 0.600 bits per heavy atom. The van der Waals surface area contributed by atoms with Crippen molar-refractivity contribution in [2.24, 2.45) is 11.5 Å². The van der Waals surface area contributed by atoms with Gasteiger partial charge in [-0.15, -0.1) is 0 Å². The van der Waals surface area contributed by atoms with Crippen LogP contribution in [0.2, 0.25) is 0 Å². The van der Waals surface area contributed by atoms with E-state index in [9.17, 15) is 0 Å². The molecule has 0 saturated carbocycles. The first-order valence-electron chi connectivity index (χ1n) is 15.2. The zero-order valence-corrected chi connectivity index (χ0v) is 25.1. The van der Waals surface area contributed by atoms with Crippen LogP contribution in [-0.4, -0.2) is 9.97 Å². The Bertz CT molecular complexity index is 1880. The van der Waals surface area contributed by atoms with Crippen molar-refractivity contribution >= 4 is 0 Å². The highest BCUT2D eigenvalue weighted by Crippen LogP contribution is 2.42. The van der Waals surface area contributed by atoms with Crippen LogP contribution in [0.25, 0.3) is 33.6 Å². The van der Waals surface area contributed by atoms with E-state index in [0.717, 1.165) is 56.5 Å². The maximum Gasteiger partial charge on any atom is 0.159 e. The SMILES string of the molecule is C=C1/C=C\C=C/C/C=C\C(N)=C1[C@@H](c1ccccc1)C(N)c1cc(-c2ccccc2)cc(-c2ccc(-c3ncccn3)cc2)c1. The number of hydrogen-bond donors (Lipinski definition) is 2. The number of benzene rings is 4.